The number of amides is 2. The van der Waals surface area contributed by atoms with Gasteiger partial charge < -0.3 is 10.2 Å². The predicted molar refractivity (Wildman–Crippen MR) is 144 cm³/mol. The summed E-state index contributed by atoms with van der Waals surface area (Å²) in [6, 6.07) is 14.0. The largest absolute Gasteiger partial charge is 0.329 e. The van der Waals surface area contributed by atoms with Crippen molar-refractivity contribution in [2.75, 3.05) is 18.4 Å². The number of nitrogens with one attached hydrogen (secondary N) is 1. The Morgan fingerprint density at radius 2 is 1.73 bits per heavy atom. The van der Waals surface area contributed by atoms with Gasteiger partial charge in [0.1, 0.15) is 12.4 Å². The summed E-state index contributed by atoms with van der Waals surface area (Å²) in [5.74, 6) is -0.233. The molecular weight excluding hydrogens is 470 g/mol. The fraction of sp³-hybridized carbons (Fsp3) is 0.393. The van der Waals surface area contributed by atoms with Gasteiger partial charge in [0.15, 0.2) is 0 Å². The van der Waals surface area contributed by atoms with Crippen LogP contribution in [0.5, 0.6) is 0 Å². The van der Waals surface area contributed by atoms with Crippen molar-refractivity contribution in [1.29, 1.82) is 0 Å². The average molecular weight is 506 g/mol. The number of hydrogen-bond acceptors (Lipinski definition) is 5. The van der Waals surface area contributed by atoms with E-state index in [0.29, 0.717) is 17.9 Å². The Hall–Kier alpha value is -4.01. The maximum Gasteiger partial charge on any atom is 0.273 e. The molecule has 3 aromatic rings. The van der Waals surface area contributed by atoms with Gasteiger partial charge in [-0.05, 0) is 38.0 Å². The van der Waals surface area contributed by atoms with E-state index in [4.69, 9.17) is 5.10 Å². The Balaban J connectivity index is 1.89. The highest BCUT2D eigenvalue weighted by molar-refractivity contribution is 5.99. The third-order valence-corrected chi connectivity index (χ3v) is 5.88. The SMILES string of the molecule is Cc1ccc(-n2nc(C(C)(C)C)cc2NC(=O)CN(CC(C)C)C(=O)c2ccc(C)c([N+](=O)[O-])c2)cc1. The van der Waals surface area contributed by atoms with Gasteiger partial charge in [0.2, 0.25) is 5.91 Å². The molecule has 2 amide bonds. The van der Waals surface area contributed by atoms with Crippen LogP contribution < -0.4 is 5.32 Å². The Bertz CT molecular complexity index is 1300. The molecule has 3 rings (SSSR count). The molecule has 0 atom stereocenters. The lowest BCUT2D eigenvalue weighted by Crippen LogP contribution is -2.40. The van der Waals surface area contributed by atoms with Crippen molar-refractivity contribution in [1.82, 2.24) is 14.7 Å². The lowest BCUT2D eigenvalue weighted by molar-refractivity contribution is -0.385. The highest BCUT2D eigenvalue weighted by Crippen LogP contribution is 2.27. The first kappa shape index (κ1) is 27.6. The molecule has 9 nitrogen and oxygen atoms in total. The third kappa shape index (κ3) is 6.81. The maximum absolute atomic E-state index is 13.3. The standard InChI is InChI=1S/C28H35N5O4/c1-18(2)16-31(27(35)21-11-10-20(4)23(14-21)33(36)37)17-26(34)29-25-15-24(28(5,6)7)30-32(25)22-12-8-19(3)9-13-22/h8-15,18H,16-17H2,1-7H3,(H,29,34). The zero-order chi connectivity index (χ0) is 27.5. The molecule has 9 heteroatoms. The Morgan fingerprint density at radius 3 is 2.30 bits per heavy atom. The van der Waals surface area contributed by atoms with E-state index in [0.717, 1.165) is 16.9 Å². The molecule has 0 saturated heterocycles. The number of aryl methyl sites for hydroxylation is 2. The Morgan fingerprint density at radius 1 is 1.08 bits per heavy atom. The number of anilines is 1. The van der Waals surface area contributed by atoms with Crippen LogP contribution in [0.2, 0.25) is 0 Å². The van der Waals surface area contributed by atoms with E-state index in [-0.39, 0.29) is 35.0 Å². The maximum atomic E-state index is 13.3. The molecule has 196 valence electrons. The van der Waals surface area contributed by atoms with Gasteiger partial charge in [-0.2, -0.15) is 5.10 Å². The molecule has 1 N–H and O–H groups in total. The molecule has 0 aliphatic heterocycles. The summed E-state index contributed by atoms with van der Waals surface area (Å²) in [4.78, 5) is 38.8. The van der Waals surface area contributed by atoms with Crippen molar-refractivity contribution in [2.24, 2.45) is 5.92 Å². The summed E-state index contributed by atoms with van der Waals surface area (Å²) >= 11 is 0. The fourth-order valence-electron chi connectivity index (χ4n) is 3.86. The monoisotopic (exact) mass is 505 g/mol. The second-order valence-corrected chi connectivity index (χ2v) is 10.8. The summed E-state index contributed by atoms with van der Waals surface area (Å²) in [6.45, 7) is 13.8. The van der Waals surface area contributed by atoms with Gasteiger partial charge in [0.25, 0.3) is 11.6 Å². The lowest BCUT2D eigenvalue weighted by Gasteiger charge is -2.24. The van der Waals surface area contributed by atoms with Gasteiger partial charge in [0.05, 0.1) is 16.3 Å². The van der Waals surface area contributed by atoms with Gasteiger partial charge in [-0.25, -0.2) is 4.68 Å². The summed E-state index contributed by atoms with van der Waals surface area (Å²) < 4.78 is 1.69. The van der Waals surface area contributed by atoms with E-state index in [9.17, 15) is 19.7 Å². The topological polar surface area (TPSA) is 110 Å². The minimum absolute atomic E-state index is 0.0859. The van der Waals surface area contributed by atoms with E-state index in [1.54, 1.807) is 23.7 Å². The van der Waals surface area contributed by atoms with Crippen LogP contribution in [0.25, 0.3) is 5.69 Å². The van der Waals surface area contributed by atoms with Crippen LogP contribution >= 0.6 is 0 Å². The van der Waals surface area contributed by atoms with Crippen molar-refractivity contribution in [3.05, 3.63) is 81.0 Å². The van der Waals surface area contributed by atoms with E-state index >= 15 is 0 Å². The van der Waals surface area contributed by atoms with Gasteiger partial charge in [0, 0.05) is 35.2 Å². The smallest absolute Gasteiger partial charge is 0.273 e. The highest BCUT2D eigenvalue weighted by atomic mass is 16.6. The molecule has 0 aliphatic rings. The third-order valence-electron chi connectivity index (χ3n) is 5.88. The Labute approximate surface area is 217 Å². The van der Waals surface area contributed by atoms with Gasteiger partial charge in [-0.1, -0.05) is 58.4 Å². The summed E-state index contributed by atoms with van der Waals surface area (Å²) in [5, 5.41) is 19.0. The number of carbonyl (C=O) groups is 2. The molecule has 0 spiro atoms. The number of rotatable bonds is 8. The molecule has 0 unspecified atom stereocenters. The van der Waals surface area contributed by atoms with Crippen molar-refractivity contribution in [3.8, 4) is 5.69 Å². The van der Waals surface area contributed by atoms with Crippen LogP contribution in [-0.4, -0.2) is 44.5 Å². The first-order valence-electron chi connectivity index (χ1n) is 12.3. The van der Waals surface area contributed by atoms with Crippen molar-refractivity contribution in [2.45, 2.75) is 53.9 Å². The number of carbonyl (C=O) groups excluding carboxylic acids is 2. The first-order chi connectivity index (χ1) is 17.3. The minimum atomic E-state index is -0.509. The van der Waals surface area contributed by atoms with Crippen molar-refractivity contribution < 1.29 is 14.5 Å². The van der Waals surface area contributed by atoms with Crippen LogP contribution in [0.4, 0.5) is 11.5 Å². The molecule has 37 heavy (non-hydrogen) atoms. The van der Waals surface area contributed by atoms with Gasteiger partial charge in [-0.3, -0.25) is 19.7 Å². The van der Waals surface area contributed by atoms with Crippen molar-refractivity contribution in [3.63, 3.8) is 0 Å². The van der Waals surface area contributed by atoms with Crippen LogP contribution in [0, 0.1) is 29.9 Å². The van der Waals surface area contributed by atoms with Crippen LogP contribution in [-0.2, 0) is 10.2 Å². The van der Waals surface area contributed by atoms with E-state index in [1.807, 2.05) is 71.9 Å². The zero-order valence-corrected chi connectivity index (χ0v) is 22.5. The van der Waals surface area contributed by atoms with Gasteiger partial charge >= 0.3 is 0 Å². The van der Waals surface area contributed by atoms with E-state index in [2.05, 4.69) is 5.32 Å². The molecule has 0 bridgehead atoms. The molecular formula is C28H35N5O4. The second-order valence-electron chi connectivity index (χ2n) is 10.8. The zero-order valence-electron chi connectivity index (χ0n) is 22.5. The fourth-order valence-corrected chi connectivity index (χ4v) is 3.86. The van der Waals surface area contributed by atoms with Crippen LogP contribution in [0.3, 0.4) is 0 Å². The molecule has 0 saturated carbocycles. The lowest BCUT2D eigenvalue weighted by atomic mass is 9.92. The normalized spacial score (nSPS) is 11.5. The summed E-state index contributed by atoms with van der Waals surface area (Å²) in [6.07, 6.45) is 0. The summed E-state index contributed by atoms with van der Waals surface area (Å²) in [5.41, 5.74) is 2.99. The Kier molecular flexibility index (Phi) is 8.15. The van der Waals surface area contributed by atoms with Crippen LogP contribution in [0.1, 0.15) is 61.8 Å². The average Bonchev–Trinajstić information content (AvgIpc) is 3.22. The molecule has 2 aromatic carbocycles. The number of benzene rings is 2. The van der Waals surface area contributed by atoms with E-state index in [1.165, 1.54) is 11.0 Å². The number of hydrogen-bond donors (Lipinski definition) is 1. The number of nitrogens with zero attached hydrogens (tertiary/aromatic N) is 4. The molecule has 0 fully saturated rings. The number of nitro benzene ring substituents is 1. The van der Waals surface area contributed by atoms with E-state index < -0.39 is 10.8 Å². The molecule has 0 aliphatic carbocycles. The quantitative estimate of drug-likeness (QED) is 0.324. The summed E-state index contributed by atoms with van der Waals surface area (Å²) in [7, 11) is 0. The number of nitro groups is 1. The minimum Gasteiger partial charge on any atom is -0.329 e. The second kappa shape index (κ2) is 10.9. The van der Waals surface area contributed by atoms with Gasteiger partial charge in [-0.15, -0.1) is 0 Å². The molecule has 1 heterocycles. The van der Waals surface area contributed by atoms with Crippen molar-refractivity contribution >= 4 is 23.3 Å². The molecule has 0 radical (unpaired) electrons. The highest BCUT2D eigenvalue weighted by Gasteiger charge is 2.25. The van der Waals surface area contributed by atoms with Crippen LogP contribution in [0.15, 0.2) is 48.5 Å². The predicted octanol–water partition coefficient (Wildman–Crippen LogP) is 5.43. The number of aromatic nitrogens is 2. The first-order valence-corrected chi connectivity index (χ1v) is 12.3. The molecule has 1 aromatic heterocycles.